The Morgan fingerprint density at radius 3 is 2.86 bits per heavy atom. The molecule has 106 valence electrons. The van der Waals surface area contributed by atoms with Crippen LogP contribution in [0.1, 0.15) is 5.69 Å². The number of nitrogens with two attached hydrogens (primary N) is 2. The molecule has 0 bridgehead atoms. The molecule has 0 radical (unpaired) electrons. The Morgan fingerprint density at radius 1 is 1.33 bits per heavy atom. The van der Waals surface area contributed by atoms with Crippen LogP contribution in [0, 0.1) is 0 Å². The number of amides is 2. The number of carbonyl (C=O) groups is 1. The molecule has 0 aromatic carbocycles. The number of aromatic nitrogens is 4. The standard InChI is InChI=1S/C13H13N7O/c14-6-10-4-9(8-2-1-3-16-7-8)5-11-17-13(18-12(15)21)19-20(10)11/h1-5,7H,6,14H2,(H3,15,18,19,21). The van der Waals surface area contributed by atoms with Crippen molar-refractivity contribution in [3.05, 3.63) is 42.4 Å². The zero-order valence-electron chi connectivity index (χ0n) is 11.0. The molecule has 0 fully saturated rings. The van der Waals surface area contributed by atoms with E-state index in [1.54, 1.807) is 16.9 Å². The van der Waals surface area contributed by atoms with E-state index in [-0.39, 0.29) is 12.5 Å². The average molecular weight is 283 g/mol. The summed E-state index contributed by atoms with van der Waals surface area (Å²) in [6, 6.07) is 6.83. The highest BCUT2D eigenvalue weighted by molar-refractivity contribution is 5.86. The molecule has 0 saturated carbocycles. The molecule has 0 atom stereocenters. The summed E-state index contributed by atoms with van der Waals surface area (Å²) in [7, 11) is 0. The fraction of sp³-hybridized carbons (Fsp3) is 0.0769. The number of nitrogens with zero attached hydrogens (tertiary/aromatic N) is 4. The van der Waals surface area contributed by atoms with Gasteiger partial charge in [0, 0.05) is 24.5 Å². The first-order chi connectivity index (χ1) is 10.2. The summed E-state index contributed by atoms with van der Waals surface area (Å²) in [5.41, 5.74) is 14.0. The molecule has 3 heterocycles. The van der Waals surface area contributed by atoms with E-state index in [9.17, 15) is 4.79 Å². The SMILES string of the molecule is NCc1cc(-c2cccnc2)cc2nc(NC(N)=O)nn12. The second-order valence-electron chi connectivity index (χ2n) is 4.38. The largest absolute Gasteiger partial charge is 0.351 e. The lowest BCUT2D eigenvalue weighted by Gasteiger charge is -2.05. The van der Waals surface area contributed by atoms with E-state index in [1.165, 1.54) is 0 Å². The van der Waals surface area contributed by atoms with Crippen LogP contribution in [-0.2, 0) is 6.54 Å². The minimum Gasteiger partial charge on any atom is -0.351 e. The number of urea groups is 1. The number of hydrogen-bond donors (Lipinski definition) is 3. The van der Waals surface area contributed by atoms with Crippen molar-refractivity contribution in [2.24, 2.45) is 11.5 Å². The van der Waals surface area contributed by atoms with Crippen molar-refractivity contribution < 1.29 is 4.79 Å². The fourth-order valence-corrected chi connectivity index (χ4v) is 2.06. The number of fused-ring (bicyclic) bond motifs is 1. The Balaban J connectivity index is 2.14. The summed E-state index contributed by atoms with van der Waals surface area (Å²) < 4.78 is 1.57. The number of primary amides is 1. The van der Waals surface area contributed by atoms with Gasteiger partial charge >= 0.3 is 6.03 Å². The Labute approximate surface area is 119 Å². The fourth-order valence-electron chi connectivity index (χ4n) is 2.06. The smallest absolute Gasteiger partial charge is 0.319 e. The van der Waals surface area contributed by atoms with Crippen LogP contribution in [0.3, 0.4) is 0 Å². The van der Waals surface area contributed by atoms with E-state index in [4.69, 9.17) is 11.5 Å². The molecule has 0 spiro atoms. The van der Waals surface area contributed by atoms with E-state index >= 15 is 0 Å². The van der Waals surface area contributed by atoms with Crippen LogP contribution in [0.25, 0.3) is 16.8 Å². The number of rotatable bonds is 3. The van der Waals surface area contributed by atoms with Gasteiger partial charge < -0.3 is 11.5 Å². The molecule has 0 unspecified atom stereocenters. The van der Waals surface area contributed by atoms with E-state index in [2.05, 4.69) is 20.4 Å². The summed E-state index contributed by atoms with van der Waals surface area (Å²) in [4.78, 5) is 19.2. The maximum atomic E-state index is 10.9. The second kappa shape index (κ2) is 5.17. The van der Waals surface area contributed by atoms with Gasteiger partial charge in [-0.2, -0.15) is 4.98 Å². The lowest BCUT2D eigenvalue weighted by atomic mass is 10.1. The third-order valence-corrected chi connectivity index (χ3v) is 2.95. The van der Waals surface area contributed by atoms with E-state index in [1.807, 2.05) is 24.3 Å². The first-order valence-corrected chi connectivity index (χ1v) is 6.24. The van der Waals surface area contributed by atoms with Gasteiger partial charge in [0.15, 0.2) is 5.65 Å². The molecule has 8 nitrogen and oxygen atoms in total. The Hall–Kier alpha value is -3.00. The van der Waals surface area contributed by atoms with Crippen molar-refractivity contribution in [1.29, 1.82) is 0 Å². The molecule has 0 aliphatic heterocycles. The number of nitrogens with one attached hydrogen (secondary N) is 1. The van der Waals surface area contributed by atoms with Gasteiger partial charge in [-0.3, -0.25) is 10.3 Å². The van der Waals surface area contributed by atoms with E-state index in [0.717, 1.165) is 16.8 Å². The molecule has 3 aromatic rings. The Morgan fingerprint density at radius 2 is 2.19 bits per heavy atom. The minimum atomic E-state index is -0.715. The summed E-state index contributed by atoms with van der Waals surface area (Å²) >= 11 is 0. The molecule has 8 heteroatoms. The van der Waals surface area contributed by atoms with Gasteiger partial charge in [0.05, 0.1) is 5.69 Å². The van der Waals surface area contributed by atoms with Crippen molar-refractivity contribution in [3.63, 3.8) is 0 Å². The Bertz CT molecular complexity index is 797. The van der Waals surface area contributed by atoms with Gasteiger partial charge in [-0.25, -0.2) is 9.31 Å². The second-order valence-corrected chi connectivity index (χ2v) is 4.38. The van der Waals surface area contributed by atoms with Crippen LogP contribution < -0.4 is 16.8 Å². The maximum absolute atomic E-state index is 10.9. The lowest BCUT2D eigenvalue weighted by molar-refractivity contribution is 0.259. The summed E-state index contributed by atoms with van der Waals surface area (Å²) in [6.07, 6.45) is 3.46. The average Bonchev–Trinajstić information content (AvgIpc) is 2.88. The van der Waals surface area contributed by atoms with Crippen LogP contribution in [0.5, 0.6) is 0 Å². The van der Waals surface area contributed by atoms with E-state index < -0.39 is 6.03 Å². The number of hydrogen-bond acceptors (Lipinski definition) is 5. The quantitative estimate of drug-likeness (QED) is 0.654. The van der Waals surface area contributed by atoms with Crippen LogP contribution in [0.4, 0.5) is 10.7 Å². The van der Waals surface area contributed by atoms with Crippen molar-refractivity contribution in [2.75, 3.05) is 5.32 Å². The van der Waals surface area contributed by atoms with Gasteiger partial charge in [-0.15, -0.1) is 5.10 Å². The summed E-state index contributed by atoms with van der Waals surface area (Å²) in [5, 5.41) is 6.50. The van der Waals surface area contributed by atoms with E-state index in [0.29, 0.717) is 5.65 Å². The molecule has 5 N–H and O–H groups in total. The van der Waals surface area contributed by atoms with Crippen molar-refractivity contribution >= 4 is 17.6 Å². The molecule has 0 aliphatic carbocycles. The lowest BCUT2D eigenvalue weighted by Crippen LogP contribution is -2.20. The van der Waals surface area contributed by atoms with Crippen LogP contribution in [0.15, 0.2) is 36.7 Å². The predicted octanol–water partition coefficient (Wildman–Crippen LogP) is 0.741. The maximum Gasteiger partial charge on any atom is 0.319 e. The zero-order chi connectivity index (χ0) is 14.8. The third kappa shape index (κ3) is 2.51. The van der Waals surface area contributed by atoms with Crippen molar-refractivity contribution in [2.45, 2.75) is 6.54 Å². The number of carbonyl (C=O) groups excluding carboxylic acids is 1. The summed E-state index contributed by atoms with van der Waals surface area (Å²) in [6.45, 7) is 0.282. The highest BCUT2D eigenvalue weighted by Gasteiger charge is 2.11. The molecule has 0 aliphatic rings. The molecule has 2 amide bonds. The minimum absolute atomic E-state index is 0.139. The first-order valence-electron chi connectivity index (χ1n) is 6.24. The van der Waals surface area contributed by atoms with Crippen molar-refractivity contribution in [3.8, 4) is 11.1 Å². The molecule has 3 aromatic heterocycles. The first kappa shape index (κ1) is 13.0. The normalized spacial score (nSPS) is 10.7. The monoisotopic (exact) mass is 283 g/mol. The highest BCUT2D eigenvalue weighted by Crippen LogP contribution is 2.22. The van der Waals surface area contributed by atoms with Gasteiger partial charge in [-0.05, 0) is 23.8 Å². The van der Waals surface area contributed by atoms with Crippen molar-refractivity contribution in [1.82, 2.24) is 19.6 Å². The highest BCUT2D eigenvalue weighted by atomic mass is 16.2. The zero-order valence-corrected chi connectivity index (χ0v) is 11.0. The Kier molecular flexibility index (Phi) is 3.20. The van der Waals surface area contributed by atoms with Gasteiger partial charge in [-0.1, -0.05) is 6.07 Å². The number of anilines is 1. The van der Waals surface area contributed by atoms with Crippen LogP contribution >= 0.6 is 0 Å². The predicted molar refractivity (Wildman–Crippen MR) is 77.3 cm³/mol. The van der Waals surface area contributed by atoms with Gasteiger partial charge in [0.25, 0.3) is 5.95 Å². The molecule has 21 heavy (non-hydrogen) atoms. The van der Waals surface area contributed by atoms with Crippen LogP contribution in [-0.4, -0.2) is 25.6 Å². The molecule has 3 rings (SSSR count). The van der Waals surface area contributed by atoms with Gasteiger partial charge in [0.1, 0.15) is 0 Å². The van der Waals surface area contributed by atoms with Crippen LogP contribution in [0.2, 0.25) is 0 Å². The molecular weight excluding hydrogens is 270 g/mol. The topological polar surface area (TPSA) is 124 Å². The van der Waals surface area contributed by atoms with Gasteiger partial charge in [0.2, 0.25) is 0 Å². The number of pyridine rings is 2. The molecule has 0 saturated heterocycles. The summed E-state index contributed by atoms with van der Waals surface area (Å²) in [5.74, 6) is 0.139. The third-order valence-electron chi connectivity index (χ3n) is 2.95. The molecular formula is C13H13N7O.